The molecule has 5 heteroatoms. The zero-order valence-electron chi connectivity index (χ0n) is 11.6. The first-order valence-corrected chi connectivity index (χ1v) is 7.93. The van der Waals surface area contributed by atoms with Crippen molar-refractivity contribution in [1.29, 1.82) is 0 Å². The summed E-state index contributed by atoms with van der Waals surface area (Å²) < 4.78 is 5.58. The molecule has 3 nitrogen and oxygen atoms in total. The second kappa shape index (κ2) is 5.69. The van der Waals surface area contributed by atoms with Gasteiger partial charge in [0.25, 0.3) is 0 Å². The Kier molecular flexibility index (Phi) is 4.38. The Labute approximate surface area is 124 Å². The number of ether oxygens (including phenoxy) is 1. The van der Waals surface area contributed by atoms with Gasteiger partial charge in [-0.15, -0.1) is 11.8 Å². The van der Waals surface area contributed by atoms with E-state index in [4.69, 9.17) is 22.7 Å². The van der Waals surface area contributed by atoms with Gasteiger partial charge in [-0.05, 0) is 32.2 Å². The highest BCUT2D eigenvalue weighted by Crippen LogP contribution is 2.34. The largest absolute Gasteiger partial charge is 0.389 e. The molecule has 1 heterocycles. The maximum absolute atomic E-state index is 5.95. The van der Waals surface area contributed by atoms with Gasteiger partial charge in [0.05, 0.1) is 18.8 Å². The van der Waals surface area contributed by atoms with E-state index in [1.54, 1.807) is 11.8 Å². The van der Waals surface area contributed by atoms with E-state index in [1.165, 1.54) is 0 Å². The molecule has 0 atom stereocenters. The highest BCUT2D eigenvalue weighted by Gasteiger charge is 2.32. The van der Waals surface area contributed by atoms with Gasteiger partial charge in [0.2, 0.25) is 0 Å². The highest BCUT2D eigenvalue weighted by molar-refractivity contribution is 7.98. The van der Waals surface area contributed by atoms with E-state index in [0.717, 1.165) is 29.3 Å². The lowest BCUT2D eigenvalue weighted by molar-refractivity contribution is 0.0643. The lowest BCUT2D eigenvalue weighted by atomic mass is 9.99. The van der Waals surface area contributed by atoms with Crippen LogP contribution in [0.25, 0.3) is 0 Å². The Morgan fingerprint density at radius 2 is 2.21 bits per heavy atom. The van der Waals surface area contributed by atoms with Crippen LogP contribution in [0.5, 0.6) is 0 Å². The number of hydrogen-bond acceptors (Lipinski definition) is 4. The third kappa shape index (κ3) is 2.88. The molecule has 0 amide bonds. The van der Waals surface area contributed by atoms with Gasteiger partial charge >= 0.3 is 0 Å². The third-order valence-corrected chi connectivity index (χ3v) is 4.39. The molecule has 1 fully saturated rings. The molecule has 2 N–H and O–H groups in total. The predicted molar refractivity (Wildman–Crippen MR) is 86.4 cm³/mol. The van der Waals surface area contributed by atoms with Gasteiger partial charge in [0.1, 0.15) is 4.99 Å². The minimum Gasteiger partial charge on any atom is -0.389 e. The van der Waals surface area contributed by atoms with Crippen molar-refractivity contribution < 1.29 is 4.74 Å². The van der Waals surface area contributed by atoms with Crippen LogP contribution >= 0.6 is 24.0 Å². The quantitative estimate of drug-likeness (QED) is 0.686. The lowest BCUT2D eigenvalue weighted by Crippen LogP contribution is -2.53. The molecule has 0 spiro atoms. The minimum absolute atomic E-state index is 0.0468. The van der Waals surface area contributed by atoms with E-state index in [1.807, 2.05) is 6.26 Å². The first-order valence-electron chi connectivity index (χ1n) is 6.29. The standard InChI is InChI=1S/C14H20N2OS2/c1-14(2)9-17-8-7-16(14)10-5-4-6-11(19-3)12(10)13(15)18/h4-6H,7-9H2,1-3H3,(H2,15,18). The van der Waals surface area contributed by atoms with Crippen LogP contribution in [0.15, 0.2) is 23.1 Å². The molecule has 2 rings (SSSR count). The van der Waals surface area contributed by atoms with E-state index in [9.17, 15) is 0 Å². The van der Waals surface area contributed by atoms with Crippen molar-refractivity contribution in [3.8, 4) is 0 Å². The first kappa shape index (κ1) is 14.6. The van der Waals surface area contributed by atoms with Crippen molar-refractivity contribution in [2.45, 2.75) is 24.3 Å². The Hall–Kier alpha value is -0.780. The van der Waals surface area contributed by atoms with Crippen LogP contribution in [-0.4, -0.2) is 36.5 Å². The number of benzene rings is 1. The Morgan fingerprint density at radius 3 is 2.79 bits per heavy atom. The summed E-state index contributed by atoms with van der Waals surface area (Å²) >= 11 is 6.93. The Bertz CT molecular complexity index is 488. The summed E-state index contributed by atoms with van der Waals surface area (Å²) in [7, 11) is 0. The maximum atomic E-state index is 5.95. The second-order valence-corrected chi connectivity index (χ2v) is 6.52. The summed E-state index contributed by atoms with van der Waals surface area (Å²) in [6.07, 6.45) is 2.05. The fourth-order valence-electron chi connectivity index (χ4n) is 2.47. The Balaban J connectivity index is 2.52. The smallest absolute Gasteiger partial charge is 0.107 e. The fourth-order valence-corrected chi connectivity index (χ4v) is 3.38. The fraction of sp³-hybridized carbons (Fsp3) is 0.500. The van der Waals surface area contributed by atoms with Crippen molar-refractivity contribution >= 4 is 34.7 Å². The number of morpholine rings is 1. The lowest BCUT2D eigenvalue weighted by Gasteiger charge is -2.44. The molecule has 104 valence electrons. The number of nitrogens with two attached hydrogens (primary N) is 1. The molecular formula is C14H20N2OS2. The monoisotopic (exact) mass is 296 g/mol. The summed E-state index contributed by atoms with van der Waals surface area (Å²) in [6, 6.07) is 6.23. The molecule has 0 unspecified atom stereocenters. The number of thioether (sulfide) groups is 1. The van der Waals surface area contributed by atoms with Crippen LogP contribution in [0.3, 0.4) is 0 Å². The molecule has 0 saturated carbocycles. The molecule has 0 aromatic heterocycles. The maximum Gasteiger partial charge on any atom is 0.107 e. The SMILES string of the molecule is CSc1cccc(N2CCOCC2(C)C)c1C(N)=S. The molecule has 1 aliphatic heterocycles. The highest BCUT2D eigenvalue weighted by atomic mass is 32.2. The van der Waals surface area contributed by atoms with Crippen LogP contribution in [0.2, 0.25) is 0 Å². The van der Waals surface area contributed by atoms with Crippen molar-refractivity contribution in [2.24, 2.45) is 5.73 Å². The third-order valence-electron chi connectivity index (χ3n) is 3.41. The van der Waals surface area contributed by atoms with Crippen molar-refractivity contribution in [2.75, 3.05) is 30.9 Å². The number of rotatable bonds is 3. The predicted octanol–water partition coefficient (Wildman–Crippen LogP) is 2.66. The van der Waals surface area contributed by atoms with E-state index in [-0.39, 0.29) is 5.54 Å². The molecule has 0 radical (unpaired) electrons. The summed E-state index contributed by atoms with van der Waals surface area (Å²) in [5.41, 5.74) is 8.00. The van der Waals surface area contributed by atoms with Crippen molar-refractivity contribution in [3.05, 3.63) is 23.8 Å². The zero-order valence-corrected chi connectivity index (χ0v) is 13.2. The van der Waals surface area contributed by atoms with E-state index in [2.05, 4.69) is 36.9 Å². The van der Waals surface area contributed by atoms with E-state index < -0.39 is 0 Å². The van der Waals surface area contributed by atoms with Crippen LogP contribution in [0.4, 0.5) is 5.69 Å². The second-order valence-electron chi connectivity index (χ2n) is 5.24. The number of thiocarbonyl (C=S) groups is 1. The molecule has 1 aliphatic rings. The van der Waals surface area contributed by atoms with Gasteiger partial charge in [0, 0.05) is 22.7 Å². The molecule has 1 saturated heterocycles. The summed E-state index contributed by atoms with van der Waals surface area (Å²) in [4.78, 5) is 3.94. The molecule has 1 aromatic carbocycles. The summed E-state index contributed by atoms with van der Waals surface area (Å²) in [5.74, 6) is 0. The molecule has 0 bridgehead atoms. The van der Waals surface area contributed by atoms with Gasteiger partial charge in [0.15, 0.2) is 0 Å². The molecular weight excluding hydrogens is 276 g/mol. The first-order chi connectivity index (χ1) is 8.97. The van der Waals surface area contributed by atoms with Crippen molar-refractivity contribution in [3.63, 3.8) is 0 Å². The van der Waals surface area contributed by atoms with Gasteiger partial charge in [-0.3, -0.25) is 0 Å². The van der Waals surface area contributed by atoms with Gasteiger partial charge in [-0.1, -0.05) is 18.3 Å². The molecule has 1 aromatic rings. The van der Waals surface area contributed by atoms with Crippen LogP contribution in [0.1, 0.15) is 19.4 Å². The average molecular weight is 296 g/mol. The van der Waals surface area contributed by atoms with Crippen LogP contribution in [-0.2, 0) is 4.74 Å². The number of hydrogen-bond donors (Lipinski definition) is 1. The van der Waals surface area contributed by atoms with Crippen molar-refractivity contribution in [1.82, 2.24) is 0 Å². The zero-order chi connectivity index (χ0) is 14.0. The molecule has 19 heavy (non-hydrogen) atoms. The van der Waals surface area contributed by atoms with E-state index >= 15 is 0 Å². The van der Waals surface area contributed by atoms with Gasteiger partial charge in [-0.2, -0.15) is 0 Å². The number of nitrogens with zero attached hydrogens (tertiary/aromatic N) is 1. The van der Waals surface area contributed by atoms with Gasteiger partial charge < -0.3 is 15.4 Å². The minimum atomic E-state index is -0.0468. The topological polar surface area (TPSA) is 38.5 Å². The number of anilines is 1. The van der Waals surface area contributed by atoms with Crippen LogP contribution in [0, 0.1) is 0 Å². The normalized spacial score (nSPS) is 18.4. The summed E-state index contributed by atoms with van der Waals surface area (Å²) in [5, 5.41) is 0. The summed E-state index contributed by atoms with van der Waals surface area (Å²) in [6.45, 7) is 6.68. The molecule has 0 aliphatic carbocycles. The average Bonchev–Trinajstić information content (AvgIpc) is 2.37. The van der Waals surface area contributed by atoms with E-state index in [0.29, 0.717) is 11.6 Å². The van der Waals surface area contributed by atoms with Crippen LogP contribution < -0.4 is 10.6 Å². The Morgan fingerprint density at radius 1 is 1.47 bits per heavy atom. The van der Waals surface area contributed by atoms with Gasteiger partial charge in [-0.25, -0.2) is 0 Å².